The van der Waals surface area contributed by atoms with Crippen molar-refractivity contribution in [3.8, 4) is 11.1 Å². The molecule has 3 aromatic carbocycles. The molecule has 0 aliphatic heterocycles. The first-order chi connectivity index (χ1) is 32.9. The summed E-state index contributed by atoms with van der Waals surface area (Å²) in [5.74, 6) is -8.47. The molecule has 11 heteroatoms. The number of hydrogen-bond acceptors (Lipinski definition) is 5. The number of nitrogens with zero attached hydrogens (tertiary/aromatic N) is 4. The smallest absolute Gasteiger partial charge is 0.336 e. The lowest BCUT2D eigenvalue weighted by molar-refractivity contribution is -0.137. The quantitative estimate of drug-likeness (QED) is 0.0822. The molecule has 1 unspecified atom stereocenters. The zero-order valence-electron chi connectivity index (χ0n) is 50.1. The minimum atomic E-state index is -5.50. The molecule has 1 atom stereocenters. The number of thioether (sulfide) groups is 1. The Morgan fingerprint density at radius 1 is 1.00 bits per heavy atom. The molecule has 1 amide bonds. The first-order valence-corrected chi connectivity index (χ1v) is 14.8. The predicted octanol–water partition coefficient (Wildman–Crippen LogP) is 7.47. The van der Waals surface area contributed by atoms with E-state index in [4.69, 9.17) is 26.0 Å². The molecule has 0 N–H and O–H groups in total. The lowest BCUT2D eigenvalue weighted by Crippen LogP contribution is -2.40. The monoisotopic (exact) mass is 705 g/mol. The van der Waals surface area contributed by atoms with Crippen molar-refractivity contribution in [2.24, 2.45) is 5.89 Å². The summed E-state index contributed by atoms with van der Waals surface area (Å²) in [7, 11) is 0. The molecular formula is C37H40F4N4O2S. The number of amides is 1. The molecule has 0 spiro atoms. The van der Waals surface area contributed by atoms with Gasteiger partial charge < -0.3 is 14.4 Å². The first-order valence-electron chi connectivity index (χ1n) is 26.3. The summed E-state index contributed by atoms with van der Waals surface area (Å²) in [6.07, 6.45) is -12.6. The third-order valence-corrected chi connectivity index (χ3v) is 7.14. The highest BCUT2D eigenvalue weighted by molar-refractivity contribution is 7.98. The number of alkyl halides is 3. The third kappa shape index (κ3) is 8.73. The SMILES string of the molecule is [2H]c1c([2H])c(CSc2nc(=O)c3c(n2C([2H])([2H])C(=O)N(C([2H])([2H])c2c([2H])c([2H])c(-c4c([2H])c([2H])c(C(F)(F)F)c([2H])c4[2H])c([2H])c2[2H])C([2H])([2H])C([2H])([2H])N(CC)CC)C([2H])([2H])C([2H])(C)C3([2H])[2H])c([2H])c([2H])c1F. The number of hydrogen-bond donors (Lipinski definition) is 0. The number of carbonyl (C=O) groups excluding carboxylic acids is 1. The molecule has 0 saturated heterocycles. The Hall–Kier alpha value is -3.96. The van der Waals surface area contributed by atoms with Crippen LogP contribution in [-0.4, -0.2) is 51.3 Å². The summed E-state index contributed by atoms with van der Waals surface area (Å²) in [6.45, 7) is -14.8. The molecule has 0 bridgehead atoms. The molecule has 0 radical (unpaired) electrons. The average molecular weight is 706 g/mol. The van der Waals surface area contributed by atoms with Crippen molar-refractivity contribution >= 4 is 17.7 Å². The van der Waals surface area contributed by atoms with E-state index in [0.29, 0.717) is 11.8 Å². The second-order valence-electron chi connectivity index (χ2n) is 9.47. The van der Waals surface area contributed by atoms with Gasteiger partial charge in [0, 0.05) is 46.1 Å². The number of rotatable bonds is 13. The summed E-state index contributed by atoms with van der Waals surface area (Å²) in [5.41, 5.74) is -11.8. The average Bonchev–Trinajstić information content (AvgIpc) is 3.37. The summed E-state index contributed by atoms with van der Waals surface area (Å²) in [6, 6.07) is -17.7. The van der Waals surface area contributed by atoms with E-state index in [1.54, 1.807) is 0 Å². The Balaban J connectivity index is 1.94. The van der Waals surface area contributed by atoms with E-state index in [1.807, 2.05) is 0 Å². The maximum Gasteiger partial charge on any atom is 0.416 e. The van der Waals surface area contributed by atoms with Gasteiger partial charge in [0.05, 0.1) is 30.2 Å². The van der Waals surface area contributed by atoms with Gasteiger partial charge in [-0.2, -0.15) is 18.2 Å². The van der Waals surface area contributed by atoms with E-state index in [-0.39, 0.29) is 16.3 Å². The van der Waals surface area contributed by atoms with Crippen LogP contribution < -0.4 is 5.56 Å². The van der Waals surface area contributed by atoms with Gasteiger partial charge in [0.1, 0.15) is 12.3 Å². The van der Waals surface area contributed by atoms with Crippen molar-refractivity contribution in [1.29, 1.82) is 0 Å². The summed E-state index contributed by atoms with van der Waals surface area (Å²) in [4.78, 5) is 32.6. The molecule has 5 rings (SSSR count). The molecule has 1 aliphatic carbocycles. The van der Waals surface area contributed by atoms with Crippen molar-refractivity contribution in [1.82, 2.24) is 19.4 Å². The van der Waals surface area contributed by atoms with Gasteiger partial charge in [0.25, 0.3) is 5.56 Å². The lowest BCUT2D eigenvalue weighted by atomic mass is 10.0. The first kappa shape index (κ1) is 15.3. The van der Waals surface area contributed by atoms with Crippen molar-refractivity contribution in [2.45, 2.75) is 63.6 Å². The number of carbonyl (C=O) groups is 1. The molecule has 48 heavy (non-hydrogen) atoms. The van der Waals surface area contributed by atoms with Crippen LogP contribution in [0.25, 0.3) is 11.1 Å². The van der Waals surface area contributed by atoms with E-state index in [0.717, 1.165) is 0 Å². The molecule has 0 saturated carbocycles. The summed E-state index contributed by atoms with van der Waals surface area (Å²) in [5, 5.41) is -1.27. The third-order valence-electron chi connectivity index (χ3n) is 6.17. The lowest BCUT2D eigenvalue weighted by Gasteiger charge is -2.28. The number of likely N-dealkylation sites (N-methyl/N-ethyl adjacent to an activating group) is 1. The van der Waals surface area contributed by atoms with Gasteiger partial charge in [-0.15, -0.1) is 0 Å². The van der Waals surface area contributed by atoms with Crippen LogP contribution in [0.5, 0.6) is 0 Å². The Morgan fingerprint density at radius 2 is 1.60 bits per heavy atom. The Bertz CT molecular complexity index is 2950. The Morgan fingerprint density at radius 3 is 2.21 bits per heavy atom. The van der Waals surface area contributed by atoms with Crippen molar-refractivity contribution in [3.63, 3.8) is 0 Å². The standard InChI is InChI=1S/C37H40F4N4O2S/c1-4-43(5-2)18-19-44(22-26-6-10-28(11-7-26)29-12-14-30(15-13-29)37(39,40)41)34(46)23-45-33-21-25(3)20-32(33)35(47)42-36(45)48-24-27-8-16-31(38)17-9-27/h6-17,25H,4-5,18-24H2,1-3H3/i6D,7D,8D,9D,10D,11D,12D,13D,14D,15D,16D,17D,18D2,19D2,20D2,21D2,22D2,23D2,25D. The van der Waals surface area contributed by atoms with Crippen molar-refractivity contribution in [2.75, 3.05) is 26.1 Å². The molecule has 6 nitrogen and oxygen atoms in total. The minimum absolute atomic E-state index is 0.00479. The molecule has 254 valence electrons. The number of benzene rings is 3. The van der Waals surface area contributed by atoms with Crippen LogP contribution in [0.15, 0.2) is 82.5 Å². The largest absolute Gasteiger partial charge is 0.416 e. The van der Waals surface area contributed by atoms with Gasteiger partial charge in [-0.25, -0.2) is 4.39 Å². The van der Waals surface area contributed by atoms with Gasteiger partial charge in [0.2, 0.25) is 5.91 Å². The number of aromatic nitrogens is 2. The number of halogens is 4. The molecule has 1 heterocycles. The van der Waals surface area contributed by atoms with Crippen LogP contribution in [0.3, 0.4) is 0 Å². The molecule has 1 aromatic heterocycles. The van der Waals surface area contributed by atoms with Crippen LogP contribution in [0.4, 0.5) is 17.6 Å². The Labute approximate surface area is 317 Å². The molecule has 1 aliphatic rings. The fourth-order valence-electron chi connectivity index (χ4n) is 3.82. The van der Waals surface area contributed by atoms with Gasteiger partial charge in [0.15, 0.2) is 5.16 Å². The predicted molar refractivity (Wildman–Crippen MR) is 181 cm³/mol. The summed E-state index contributed by atoms with van der Waals surface area (Å²) >= 11 is -0.00479. The van der Waals surface area contributed by atoms with Crippen LogP contribution in [0.2, 0.25) is 0 Å². The normalized spacial score (nSPS) is 26.7. The van der Waals surface area contributed by atoms with Gasteiger partial charge in [-0.3, -0.25) is 9.59 Å². The van der Waals surface area contributed by atoms with Crippen molar-refractivity contribution in [3.05, 3.63) is 117 Å². The van der Waals surface area contributed by atoms with Gasteiger partial charge in [-0.1, -0.05) is 80.9 Å². The maximum absolute atomic E-state index is 15.5. The van der Waals surface area contributed by atoms with Crippen LogP contribution in [0, 0.1) is 11.7 Å². The fraction of sp³-hybridized carbons (Fsp3) is 0.378. The second-order valence-corrected chi connectivity index (χ2v) is 10.4. The Kier molecular flexibility index (Phi) is 4.94. The van der Waals surface area contributed by atoms with E-state index in [1.165, 1.54) is 13.8 Å². The molecule has 4 aromatic rings. The van der Waals surface area contributed by atoms with Crippen LogP contribution in [0.1, 0.15) is 83.0 Å². The van der Waals surface area contributed by atoms with E-state index >= 15 is 4.79 Å². The highest BCUT2D eigenvalue weighted by atomic mass is 32.2. The second kappa shape index (κ2) is 15.5. The minimum Gasteiger partial charge on any atom is -0.336 e. The zero-order chi connectivity index (χ0) is 56.5. The highest BCUT2D eigenvalue weighted by Crippen LogP contribution is 2.32. The molecule has 0 fully saturated rings. The van der Waals surface area contributed by atoms with Crippen LogP contribution >= 0.6 is 11.8 Å². The van der Waals surface area contributed by atoms with E-state index in [9.17, 15) is 30.6 Å². The van der Waals surface area contributed by atoms with Crippen molar-refractivity contribution < 1.29 is 56.6 Å². The maximum atomic E-state index is 15.5. The van der Waals surface area contributed by atoms with Gasteiger partial charge >= 0.3 is 6.18 Å². The van der Waals surface area contributed by atoms with E-state index < -0.39 is 209 Å². The van der Waals surface area contributed by atoms with E-state index in [2.05, 4.69) is 4.98 Å². The summed E-state index contributed by atoms with van der Waals surface area (Å²) < 4.78 is 275. The zero-order valence-corrected chi connectivity index (χ0v) is 26.0. The fourth-order valence-corrected chi connectivity index (χ4v) is 4.65. The molecular weight excluding hydrogens is 640 g/mol. The topological polar surface area (TPSA) is 58.4 Å². The van der Waals surface area contributed by atoms with Crippen LogP contribution in [-0.2, 0) is 42.5 Å². The number of fused-ring (bicyclic) bond motifs is 1. The van der Waals surface area contributed by atoms with Gasteiger partial charge in [-0.05, 0) is 78.2 Å². The highest BCUT2D eigenvalue weighted by Gasteiger charge is 2.30.